The van der Waals surface area contributed by atoms with Crippen LogP contribution in [0.4, 0.5) is 4.79 Å². The molecule has 0 saturated carbocycles. The number of carbonyl (C=O) groups is 2. The molecule has 3 unspecified atom stereocenters. The Bertz CT molecular complexity index is 718. The van der Waals surface area contributed by atoms with Gasteiger partial charge in [-0.15, -0.1) is 0 Å². The van der Waals surface area contributed by atoms with Gasteiger partial charge in [0.25, 0.3) is 0 Å². The zero-order valence-corrected chi connectivity index (χ0v) is 18.7. The Morgan fingerprint density at radius 2 is 1.90 bits per heavy atom. The van der Waals surface area contributed by atoms with Gasteiger partial charge in [-0.1, -0.05) is 55.8 Å². The fourth-order valence-corrected chi connectivity index (χ4v) is 4.26. The molecule has 1 aliphatic rings. The number of benzene rings is 1. The molecular formula is C24H37N3O3. The standard InChI is InChI=1S/C24H37N3O3/c1-17(2)22-13-20(14-23(29)27(4)16-19-8-6-5-7-9-19)18(3)12-21(22)15-26-24(30)25-10-11-28/h5-9,12,17,20-22,28H,10-11,13-16H2,1-4H3,(H2,25,26,30). The van der Waals surface area contributed by atoms with E-state index < -0.39 is 0 Å². The number of rotatable bonds is 9. The summed E-state index contributed by atoms with van der Waals surface area (Å²) in [5.41, 5.74) is 2.37. The minimum Gasteiger partial charge on any atom is -0.395 e. The lowest BCUT2D eigenvalue weighted by atomic mass is 9.69. The summed E-state index contributed by atoms with van der Waals surface area (Å²) in [6.07, 6.45) is 3.72. The van der Waals surface area contributed by atoms with Gasteiger partial charge in [0.05, 0.1) is 6.61 Å². The van der Waals surface area contributed by atoms with Crippen molar-refractivity contribution in [3.8, 4) is 0 Å². The number of aliphatic hydroxyl groups is 1. The minimum absolute atomic E-state index is 0.0705. The number of amides is 3. The van der Waals surface area contributed by atoms with Crippen LogP contribution in [0.1, 0.15) is 39.2 Å². The predicted molar refractivity (Wildman–Crippen MR) is 120 cm³/mol. The number of carbonyl (C=O) groups excluding carboxylic acids is 2. The van der Waals surface area contributed by atoms with E-state index in [4.69, 9.17) is 5.11 Å². The highest BCUT2D eigenvalue weighted by Crippen LogP contribution is 2.39. The summed E-state index contributed by atoms with van der Waals surface area (Å²) in [6.45, 7) is 7.88. The van der Waals surface area contributed by atoms with Crippen molar-refractivity contribution >= 4 is 11.9 Å². The van der Waals surface area contributed by atoms with Gasteiger partial charge in [-0.05, 0) is 42.6 Å². The maximum Gasteiger partial charge on any atom is 0.314 e. The molecular weight excluding hydrogens is 378 g/mol. The second-order valence-corrected chi connectivity index (χ2v) is 8.71. The highest BCUT2D eigenvalue weighted by Gasteiger charge is 2.33. The first kappa shape index (κ1) is 23.9. The van der Waals surface area contributed by atoms with Gasteiger partial charge >= 0.3 is 6.03 Å². The Morgan fingerprint density at radius 3 is 2.53 bits per heavy atom. The van der Waals surface area contributed by atoms with Crippen molar-refractivity contribution in [2.45, 2.75) is 40.2 Å². The Balaban J connectivity index is 1.97. The van der Waals surface area contributed by atoms with Gasteiger partial charge in [0.2, 0.25) is 5.91 Å². The molecule has 3 amide bonds. The quantitative estimate of drug-likeness (QED) is 0.542. The highest BCUT2D eigenvalue weighted by atomic mass is 16.3. The van der Waals surface area contributed by atoms with Crippen LogP contribution < -0.4 is 10.6 Å². The fourth-order valence-electron chi connectivity index (χ4n) is 4.26. The van der Waals surface area contributed by atoms with Crippen molar-refractivity contribution in [1.82, 2.24) is 15.5 Å². The second kappa shape index (κ2) is 11.7. The first-order valence-corrected chi connectivity index (χ1v) is 10.9. The third-order valence-electron chi connectivity index (χ3n) is 6.09. The second-order valence-electron chi connectivity index (χ2n) is 8.71. The number of allylic oxidation sites excluding steroid dienone is 1. The number of hydrogen-bond acceptors (Lipinski definition) is 3. The summed E-state index contributed by atoms with van der Waals surface area (Å²) >= 11 is 0. The van der Waals surface area contributed by atoms with Gasteiger partial charge in [-0.2, -0.15) is 0 Å². The molecule has 0 saturated heterocycles. The molecule has 0 bridgehead atoms. The van der Waals surface area contributed by atoms with Crippen molar-refractivity contribution < 1.29 is 14.7 Å². The van der Waals surface area contributed by atoms with Crippen LogP contribution in [0.2, 0.25) is 0 Å². The van der Waals surface area contributed by atoms with Crippen LogP contribution >= 0.6 is 0 Å². The lowest BCUT2D eigenvalue weighted by Crippen LogP contribution is -2.42. The highest BCUT2D eigenvalue weighted by molar-refractivity contribution is 5.76. The van der Waals surface area contributed by atoms with Gasteiger partial charge in [0, 0.05) is 33.1 Å². The van der Waals surface area contributed by atoms with Crippen molar-refractivity contribution in [1.29, 1.82) is 0 Å². The molecule has 0 radical (unpaired) electrons. The van der Waals surface area contributed by atoms with Crippen LogP contribution in [0.15, 0.2) is 42.0 Å². The van der Waals surface area contributed by atoms with Crippen LogP contribution in [0.5, 0.6) is 0 Å². The molecule has 30 heavy (non-hydrogen) atoms. The van der Waals surface area contributed by atoms with E-state index in [0.717, 1.165) is 12.0 Å². The average molecular weight is 416 g/mol. The Labute approximate surface area is 180 Å². The fraction of sp³-hybridized carbons (Fsp3) is 0.583. The van der Waals surface area contributed by atoms with Gasteiger partial charge in [-0.3, -0.25) is 4.79 Å². The minimum atomic E-state index is -0.252. The van der Waals surface area contributed by atoms with Crippen LogP contribution in [-0.4, -0.2) is 48.7 Å². The molecule has 3 N–H and O–H groups in total. The van der Waals surface area contributed by atoms with Gasteiger partial charge in [0.15, 0.2) is 0 Å². The summed E-state index contributed by atoms with van der Waals surface area (Å²) in [5.74, 6) is 1.52. The molecule has 1 aliphatic carbocycles. The van der Waals surface area contributed by atoms with Crippen LogP contribution in [-0.2, 0) is 11.3 Å². The van der Waals surface area contributed by atoms with Crippen molar-refractivity contribution in [3.63, 3.8) is 0 Å². The first-order chi connectivity index (χ1) is 14.3. The SMILES string of the molecule is CC1=CC(CNC(=O)NCCO)C(C(C)C)CC1CC(=O)N(C)Cc1ccccc1. The molecule has 3 atom stereocenters. The number of aliphatic hydroxyl groups excluding tert-OH is 1. The van der Waals surface area contributed by atoms with E-state index in [2.05, 4.69) is 37.5 Å². The molecule has 0 spiro atoms. The summed E-state index contributed by atoms with van der Waals surface area (Å²) in [7, 11) is 1.87. The zero-order valence-electron chi connectivity index (χ0n) is 18.7. The number of urea groups is 1. The van der Waals surface area contributed by atoms with E-state index in [1.165, 1.54) is 5.57 Å². The maximum absolute atomic E-state index is 12.8. The van der Waals surface area contributed by atoms with Crippen LogP contribution in [0.25, 0.3) is 0 Å². The normalized spacial score (nSPS) is 21.1. The third kappa shape index (κ3) is 7.17. The molecule has 0 fully saturated rings. The monoisotopic (exact) mass is 415 g/mol. The lowest BCUT2D eigenvalue weighted by Gasteiger charge is -2.37. The smallest absolute Gasteiger partial charge is 0.314 e. The van der Waals surface area contributed by atoms with E-state index in [1.807, 2.05) is 42.3 Å². The topological polar surface area (TPSA) is 81.7 Å². The first-order valence-electron chi connectivity index (χ1n) is 10.9. The van der Waals surface area contributed by atoms with Crippen LogP contribution in [0.3, 0.4) is 0 Å². The van der Waals surface area contributed by atoms with Crippen molar-refractivity contribution in [3.05, 3.63) is 47.5 Å². The molecule has 6 nitrogen and oxygen atoms in total. The van der Waals surface area contributed by atoms with E-state index in [1.54, 1.807) is 0 Å². The van der Waals surface area contributed by atoms with Gasteiger partial charge < -0.3 is 20.6 Å². The van der Waals surface area contributed by atoms with Crippen LogP contribution in [0, 0.1) is 23.7 Å². The van der Waals surface area contributed by atoms with E-state index in [0.29, 0.717) is 31.3 Å². The lowest BCUT2D eigenvalue weighted by molar-refractivity contribution is -0.131. The number of hydrogen-bond donors (Lipinski definition) is 3. The molecule has 1 aromatic rings. The molecule has 0 aliphatic heterocycles. The molecule has 0 heterocycles. The van der Waals surface area contributed by atoms with Gasteiger partial charge in [0.1, 0.15) is 0 Å². The molecule has 2 rings (SSSR count). The third-order valence-corrected chi connectivity index (χ3v) is 6.09. The Hall–Kier alpha value is -2.34. The van der Waals surface area contributed by atoms with Crippen molar-refractivity contribution in [2.75, 3.05) is 26.7 Å². The van der Waals surface area contributed by atoms with Gasteiger partial charge in [-0.25, -0.2) is 4.79 Å². The average Bonchev–Trinajstić information content (AvgIpc) is 2.72. The molecule has 6 heteroatoms. The summed E-state index contributed by atoms with van der Waals surface area (Å²) in [6, 6.07) is 9.80. The molecule has 1 aromatic carbocycles. The maximum atomic E-state index is 12.8. The van der Waals surface area contributed by atoms with Crippen molar-refractivity contribution in [2.24, 2.45) is 23.7 Å². The number of nitrogens with one attached hydrogen (secondary N) is 2. The Kier molecular flexibility index (Phi) is 9.37. The predicted octanol–water partition coefficient (Wildman–Crippen LogP) is 3.18. The molecule has 0 aromatic heterocycles. The largest absolute Gasteiger partial charge is 0.395 e. The van der Waals surface area contributed by atoms with E-state index in [9.17, 15) is 9.59 Å². The Morgan fingerprint density at radius 1 is 1.20 bits per heavy atom. The summed E-state index contributed by atoms with van der Waals surface area (Å²) in [4.78, 5) is 26.5. The van der Waals surface area contributed by atoms with E-state index >= 15 is 0 Å². The summed E-state index contributed by atoms with van der Waals surface area (Å²) < 4.78 is 0. The van der Waals surface area contributed by atoms with E-state index in [-0.39, 0.29) is 36.9 Å². The zero-order chi connectivity index (χ0) is 22.1. The summed E-state index contributed by atoms with van der Waals surface area (Å²) in [5, 5.41) is 14.4. The number of nitrogens with zero attached hydrogens (tertiary/aromatic N) is 1. The molecule has 166 valence electrons.